The molecule has 0 saturated heterocycles. The average molecular weight is 375 g/mol. The molecule has 2 amide bonds. The Bertz CT molecular complexity index is 754. The van der Waals surface area contributed by atoms with Gasteiger partial charge >= 0.3 is 5.97 Å². The number of nitrogens with zero attached hydrogens (tertiary/aromatic N) is 1. The number of nitriles is 1. The Hall–Kier alpha value is -2.95. The molecule has 2 rings (SSSR count). The van der Waals surface area contributed by atoms with Crippen molar-refractivity contribution in [1.82, 2.24) is 10.6 Å². The molecule has 1 fully saturated rings. The zero-order chi connectivity index (χ0) is 19.9. The highest BCUT2D eigenvalue weighted by atomic mass is 19.1. The zero-order valence-electron chi connectivity index (χ0n) is 15.1. The molecule has 2 N–H and O–H groups in total. The topological polar surface area (TPSA) is 108 Å². The molecule has 0 unspecified atom stereocenters. The predicted octanol–water partition coefficient (Wildman–Crippen LogP) is 1.83. The van der Waals surface area contributed by atoms with Crippen LogP contribution in [0.3, 0.4) is 0 Å². The first kappa shape index (κ1) is 20.4. The maximum atomic E-state index is 13.5. The second-order valence-electron chi connectivity index (χ2n) is 6.54. The van der Waals surface area contributed by atoms with Crippen LogP contribution >= 0.6 is 0 Å². The van der Waals surface area contributed by atoms with Gasteiger partial charge in [0.1, 0.15) is 17.9 Å². The molecule has 0 radical (unpaired) electrons. The number of amides is 2. The summed E-state index contributed by atoms with van der Waals surface area (Å²) in [7, 11) is 0. The highest BCUT2D eigenvalue weighted by Gasteiger charge is 2.35. The van der Waals surface area contributed by atoms with Crippen LogP contribution in [0.4, 0.5) is 4.39 Å². The van der Waals surface area contributed by atoms with E-state index in [4.69, 9.17) is 4.74 Å². The number of ether oxygens (including phenoxy) is 1. The molecular formula is C19H22FN3O4. The Labute approximate surface area is 156 Å². The number of hydrogen-bond acceptors (Lipinski definition) is 5. The van der Waals surface area contributed by atoms with E-state index in [2.05, 4.69) is 16.7 Å². The smallest absolute Gasteiger partial charge is 0.326 e. The number of rotatable bonds is 6. The minimum absolute atomic E-state index is 0.190. The molecule has 144 valence electrons. The molecule has 1 aromatic carbocycles. The Morgan fingerprint density at radius 3 is 2.56 bits per heavy atom. The van der Waals surface area contributed by atoms with Crippen LogP contribution in [0.15, 0.2) is 24.3 Å². The Kier molecular flexibility index (Phi) is 6.88. The summed E-state index contributed by atoms with van der Waals surface area (Å²) in [6, 6.07) is 7.52. The van der Waals surface area contributed by atoms with Gasteiger partial charge in [-0.15, -0.1) is 0 Å². The minimum atomic E-state index is -1.12. The van der Waals surface area contributed by atoms with E-state index in [9.17, 15) is 24.0 Å². The first-order valence-corrected chi connectivity index (χ1v) is 8.82. The lowest BCUT2D eigenvalue weighted by atomic mass is 9.83. The number of carbonyl (C=O) groups is 3. The van der Waals surface area contributed by atoms with E-state index in [-0.39, 0.29) is 5.56 Å². The standard InChI is InChI=1S/C19H22FN3O4/c1-13(17(25)23-19(12-21)9-5-2-6-10-19)27-16(24)11-22-18(26)14-7-3-4-8-15(14)20/h3-4,7-8,13H,2,5-6,9-11H2,1H3,(H,22,26)(H,23,25)/t13-/m0/s1. The molecule has 0 spiro atoms. The van der Waals surface area contributed by atoms with Gasteiger partial charge < -0.3 is 15.4 Å². The van der Waals surface area contributed by atoms with Crippen LogP contribution in [0.25, 0.3) is 0 Å². The number of benzene rings is 1. The van der Waals surface area contributed by atoms with Crippen LogP contribution in [0, 0.1) is 17.1 Å². The Balaban J connectivity index is 1.82. The number of hydrogen-bond donors (Lipinski definition) is 2. The van der Waals surface area contributed by atoms with Gasteiger partial charge in [-0.3, -0.25) is 14.4 Å². The van der Waals surface area contributed by atoms with Crippen molar-refractivity contribution >= 4 is 17.8 Å². The second-order valence-corrected chi connectivity index (χ2v) is 6.54. The van der Waals surface area contributed by atoms with Crippen molar-refractivity contribution in [3.8, 4) is 6.07 Å². The minimum Gasteiger partial charge on any atom is -0.451 e. The molecular weight excluding hydrogens is 353 g/mol. The lowest BCUT2D eigenvalue weighted by Crippen LogP contribution is -2.52. The van der Waals surface area contributed by atoms with Gasteiger partial charge in [-0.05, 0) is 31.9 Å². The van der Waals surface area contributed by atoms with E-state index in [0.717, 1.165) is 25.3 Å². The maximum Gasteiger partial charge on any atom is 0.326 e. The van der Waals surface area contributed by atoms with E-state index in [1.807, 2.05) is 0 Å². The molecule has 0 bridgehead atoms. The summed E-state index contributed by atoms with van der Waals surface area (Å²) >= 11 is 0. The van der Waals surface area contributed by atoms with Gasteiger partial charge in [-0.1, -0.05) is 31.4 Å². The summed E-state index contributed by atoms with van der Waals surface area (Å²) in [6.07, 6.45) is 2.73. The number of halogens is 1. The molecule has 1 aliphatic carbocycles. The van der Waals surface area contributed by atoms with Crippen LogP contribution in [0.2, 0.25) is 0 Å². The van der Waals surface area contributed by atoms with Crippen LogP contribution in [-0.4, -0.2) is 36.0 Å². The molecule has 8 heteroatoms. The van der Waals surface area contributed by atoms with Gasteiger partial charge in [0, 0.05) is 0 Å². The fourth-order valence-corrected chi connectivity index (χ4v) is 2.94. The Morgan fingerprint density at radius 1 is 1.26 bits per heavy atom. The summed E-state index contributed by atoms with van der Waals surface area (Å²) in [5.74, 6) is -2.86. The molecule has 0 aromatic heterocycles. The summed E-state index contributed by atoms with van der Waals surface area (Å²) in [5, 5.41) is 14.3. The van der Waals surface area contributed by atoms with Crippen molar-refractivity contribution in [1.29, 1.82) is 5.26 Å². The first-order valence-electron chi connectivity index (χ1n) is 8.82. The fourth-order valence-electron chi connectivity index (χ4n) is 2.94. The van der Waals surface area contributed by atoms with E-state index < -0.39 is 41.8 Å². The second kappa shape index (κ2) is 9.12. The largest absolute Gasteiger partial charge is 0.451 e. The van der Waals surface area contributed by atoms with E-state index in [0.29, 0.717) is 12.8 Å². The van der Waals surface area contributed by atoms with Crippen molar-refractivity contribution in [2.24, 2.45) is 0 Å². The van der Waals surface area contributed by atoms with E-state index >= 15 is 0 Å². The SMILES string of the molecule is C[C@H](OC(=O)CNC(=O)c1ccccc1F)C(=O)NC1(C#N)CCCCC1. The average Bonchev–Trinajstić information content (AvgIpc) is 2.67. The van der Waals surface area contributed by atoms with Crippen LogP contribution in [0.1, 0.15) is 49.4 Å². The van der Waals surface area contributed by atoms with Gasteiger partial charge in [-0.25, -0.2) is 4.39 Å². The van der Waals surface area contributed by atoms with E-state index in [1.54, 1.807) is 0 Å². The van der Waals surface area contributed by atoms with Crippen LogP contribution in [-0.2, 0) is 14.3 Å². The van der Waals surface area contributed by atoms with Gasteiger partial charge in [0.2, 0.25) is 0 Å². The first-order chi connectivity index (χ1) is 12.9. The molecule has 0 heterocycles. The molecule has 27 heavy (non-hydrogen) atoms. The number of esters is 1. The third-order valence-corrected chi connectivity index (χ3v) is 4.47. The molecule has 1 aliphatic rings. The predicted molar refractivity (Wildman–Crippen MR) is 93.9 cm³/mol. The molecule has 1 aromatic rings. The van der Waals surface area contributed by atoms with Crippen molar-refractivity contribution in [2.45, 2.75) is 50.7 Å². The monoisotopic (exact) mass is 375 g/mol. The molecule has 1 saturated carbocycles. The number of carbonyl (C=O) groups excluding carboxylic acids is 3. The third-order valence-electron chi connectivity index (χ3n) is 4.47. The highest BCUT2D eigenvalue weighted by molar-refractivity contribution is 5.96. The van der Waals surface area contributed by atoms with Gasteiger partial charge in [-0.2, -0.15) is 5.26 Å². The van der Waals surface area contributed by atoms with Crippen molar-refractivity contribution in [3.63, 3.8) is 0 Å². The maximum absolute atomic E-state index is 13.5. The van der Waals surface area contributed by atoms with Gasteiger partial charge in [0.05, 0.1) is 11.6 Å². The third kappa shape index (κ3) is 5.51. The number of nitrogens with one attached hydrogen (secondary N) is 2. The highest BCUT2D eigenvalue weighted by Crippen LogP contribution is 2.27. The van der Waals surface area contributed by atoms with Crippen molar-refractivity contribution in [2.75, 3.05) is 6.54 Å². The summed E-state index contributed by atoms with van der Waals surface area (Å²) in [6.45, 7) is 0.883. The summed E-state index contributed by atoms with van der Waals surface area (Å²) in [5.41, 5.74) is -1.11. The van der Waals surface area contributed by atoms with Crippen LogP contribution in [0.5, 0.6) is 0 Å². The molecule has 0 aliphatic heterocycles. The fraction of sp³-hybridized carbons (Fsp3) is 0.474. The quantitative estimate of drug-likeness (QED) is 0.738. The summed E-state index contributed by atoms with van der Waals surface area (Å²) < 4.78 is 18.5. The summed E-state index contributed by atoms with van der Waals surface area (Å²) in [4.78, 5) is 35.9. The lowest BCUT2D eigenvalue weighted by molar-refractivity contribution is -0.154. The van der Waals surface area contributed by atoms with Crippen molar-refractivity contribution < 1.29 is 23.5 Å². The molecule has 1 atom stereocenters. The Morgan fingerprint density at radius 2 is 1.93 bits per heavy atom. The van der Waals surface area contributed by atoms with E-state index in [1.165, 1.54) is 25.1 Å². The normalized spacial score (nSPS) is 16.5. The van der Waals surface area contributed by atoms with Gasteiger partial charge in [0.15, 0.2) is 6.10 Å². The van der Waals surface area contributed by atoms with Crippen LogP contribution < -0.4 is 10.6 Å². The lowest BCUT2D eigenvalue weighted by Gasteiger charge is -2.32. The van der Waals surface area contributed by atoms with Crippen molar-refractivity contribution in [3.05, 3.63) is 35.6 Å². The zero-order valence-corrected chi connectivity index (χ0v) is 15.1. The van der Waals surface area contributed by atoms with Gasteiger partial charge in [0.25, 0.3) is 11.8 Å². The molecule has 7 nitrogen and oxygen atoms in total.